The SMILES string of the molecule is CCC1=CC(C2CC2)=Nc2c(C(=O)NC(C)C(C)(C)O)c[nH]c2C1. The van der Waals surface area contributed by atoms with E-state index in [2.05, 4.69) is 23.3 Å². The molecule has 0 aromatic carbocycles. The van der Waals surface area contributed by atoms with E-state index in [0.29, 0.717) is 11.5 Å². The van der Waals surface area contributed by atoms with Gasteiger partial charge in [-0.15, -0.1) is 0 Å². The van der Waals surface area contributed by atoms with Gasteiger partial charge < -0.3 is 15.4 Å². The van der Waals surface area contributed by atoms with Crippen molar-refractivity contribution in [3.63, 3.8) is 0 Å². The van der Waals surface area contributed by atoms with Gasteiger partial charge in [-0.1, -0.05) is 12.5 Å². The first-order valence-electron chi connectivity index (χ1n) is 8.81. The molecule has 1 saturated carbocycles. The molecule has 3 N–H and O–H groups in total. The maximum absolute atomic E-state index is 12.7. The predicted molar refractivity (Wildman–Crippen MR) is 95.9 cm³/mol. The number of aromatic nitrogens is 1. The van der Waals surface area contributed by atoms with Crippen LogP contribution in [0.2, 0.25) is 0 Å². The second-order valence-electron chi connectivity index (χ2n) is 7.52. The zero-order chi connectivity index (χ0) is 17.5. The van der Waals surface area contributed by atoms with Crippen LogP contribution in [0.25, 0.3) is 0 Å². The first-order chi connectivity index (χ1) is 11.3. The molecule has 1 aromatic rings. The normalized spacial score (nSPS) is 19.0. The number of hydrogen-bond acceptors (Lipinski definition) is 3. The second kappa shape index (κ2) is 6.20. The van der Waals surface area contributed by atoms with E-state index in [9.17, 15) is 9.90 Å². The molecule has 0 bridgehead atoms. The third-order valence-corrected chi connectivity index (χ3v) is 5.03. The highest BCUT2D eigenvalue weighted by Gasteiger charge is 2.30. The Morgan fingerprint density at radius 2 is 2.21 bits per heavy atom. The Bertz CT molecular complexity index is 703. The average molecular weight is 329 g/mol. The summed E-state index contributed by atoms with van der Waals surface area (Å²) < 4.78 is 0. The van der Waals surface area contributed by atoms with E-state index in [1.54, 1.807) is 27.0 Å². The van der Waals surface area contributed by atoms with E-state index in [0.717, 1.165) is 29.9 Å². The Morgan fingerprint density at radius 1 is 1.50 bits per heavy atom. The summed E-state index contributed by atoms with van der Waals surface area (Å²) in [6, 6.07) is -0.350. The van der Waals surface area contributed by atoms with Crippen LogP contribution in [0.5, 0.6) is 0 Å². The number of aliphatic imine (C=N–C) groups is 1. The number of allylic oxidation sites excluding steroid dienone is 2. The monoisotopic (exact) mass is 329 g/mol. The van der Waals surface area contributed by atoms with Crippen molar-refractivity contribution >= 4 is 17.3 Å². The van der Waals surface area contributed by atoms with Crippen molar-refractivity contribution in [3.8, 4) is 0 Å². The zero-order valence-electron chi connectivity index (χ0n) is 14.9. The van der Waals surface area contributed by atoms with Gasteiger partial charge in [0.15, 0.2) is 0 Å². The van der Waals surface area contributed by atoms with Gasteiger partial charge in [0, 0.05) is 29.9 Å². The third kappa shape index (κ3) is 3.46. The molecule has 0 spiro atoms. The fourth-order valence-electron chi connectivity index (χ4n) is 2.81. The van der Waals surface area contributed by atoms with Gasteiger partial charge in [0.1, 0.15) is 0 Å². The number of aliphatic hydroxyl groups is 1. The smallest absolute Gasteiger partial charge is 0.255 e. The molecule has 1 atom stereocenters. The van der Waals surface area contributed by atoms with Gasteiger partial charge >= 0.3 is 0 Å². The molecule has 2 aliphatic rings. The number of hydrogen-bond donors (Lipinski definition) is 3. The van der Waals surface area contributed by atoms with E-state index >= 15 is 0 Å². The predicted octanol–water partition coefficient (Wildman–Crippen LogP) is 3.28. The highest BCUT2D eigenvalue weighted by molar-refractivity contribution is 6.05. The van der Waals surface area contributed by atoms with Crippen LogP contribution in [0, 0.1) is 5.92 Å². The lowest BCUT2D eigenvalue weighted by molar-refractivity contribution is 0.0409. The summed E-state index contributed by atoms with van der Waals surface area (Å²) in [6.45, 7) is 7.34. The highest BCUT2D eigenvalue weighted by Crippen LogP contribution is 2.37. The Hall–Kier alpha value is -1.88. The van der Waals surface area contributed by atoms with Crippen LogP contribution in [-0.2, 0) is 6.42 Å². The lowest BCUT2D eigenvalue weighted by Gasteiger charge is -2.26. The van der Waals surface area contributed by atoms with Crippen LogP contribution in [0.4, 0.5) is 5.69 Å². The molecule has 1 fully saturated rings. The van der Waals surface area contributed by atoms with E-state index in [4.69, 9.17) is 4.99 Å². The first kappa shape index (κ1) is 17.0. The molecule has 1 aromatic heterocycles. The molecule has 2 heterocycles. The standard InChI is InChI=1S/C19H27N3O2/c1-5-12-8-15(13-6-7-13)22-17-14(10-20-16(17)9-12)18(23)21-11(2)19(3,4)24/h8,10-11,13,20,24H,5-7,9H2,1-4H3,(H,21,23). The number of H-pyrrole nitrogens is 1. The summed E-state index contributed by atoms with van der Waals surface area (Å²) >= 11 is 0. The molecule has 5 nitrogen and oxygen atoms in total. The summed E-state index contributed by atoms with van der Waals surface area (Å²) in [4.78, 5) is 20.7. The van der Waals surface area contributed by atoms with Gasteiger partial charge in [-0.05, 0) is 46.1 Å². The number of carbonyl (C=O) groups excluding carboxylic acids is 1. The van der Waals surface area contributed by atoms with E-state index in [1.165, 1.54) is 18.4 Å². The Morgan fingerprint density at radius 3 is 2.79 bits per heavy atom. The molecule has 0 radical (unpaired) electrons. The minimum atomic E-state index is -0.970. The number of fused-ring (bicyclic) bond motifs is 1. The number of carbonyl (C=O) groups is 1. The average Bonchev–Trinajstić information content (AvgIpc) is 3.30. The minimum Gasteiger partial charge on any atom is -0.388 e. The number of rotatable bonds is 5. The van der Waals surface area contributed by atoms with Crippen LogP contribution in [0.15, 0.2) is 22.8 Å². The Balaban J connectivity index is 1.90. The summed E-state index contributed by atoms with van der Waals surface area (Å²) in [5, 5.41) is 12.9. The first-order valence-corrected chi connectivity index (χ1v) is 8.81. The lowest BCUT2D eigenvalue weighted by atomic mass is 10.0. The topological polar surface area (TPSA) is 77.5 Å². The van der Waals surface area contributed by atoms with Gasteiger partial charge in [0.25, 0.3) is 5.91 Å². The van der Waals surface area contributed by atoms with Crippen molar-refractivity contribution in [2.45, 2.75) is 65.0 Å². The number of amides is 1. The van der Waals surface area contributed by atoms with Gasteiger partial charge in [-0.2, -0.15) is 0 Å². The molecule has 0 saturated heterocycles. The Labute approximate surface area is 143 Å². The number of aromatic amines is 1. The molecule has 3 rings (SSSR count). The fraction of sp³-hybridized carbons (Fsp3) is 0.579. The molecule has 1 amide bonds. The van der Waals surface area contributed by atoms with Crippen LogP contribution in [-0.4, -0.2) is 33.4 Å². The van der Waals surface area contributed by atoms with Crippen LogP contribution in [0.3, 0.4) is 0 Å². The van der Waals surface area contributed by atoms with Crippen LogP contribution >= 0.6 is 0 Å². The summed E-state index contributed by atoms with van der Waals surface area (Å²) in [5.74, 6) is 0.347. The maximum Gasteiger partial charge on any atom is 0.255 e. The molecule has 130 valence electrons. The molecule has 1 aliphatic carbocycles. The zero-order valence-corrected chi connectivity index (χ0v) is 14.9. The van der Waals surface area contributed by atoms with Crippen molar-refractivity contribution in [1.29, 1.82) is 0 Å². The van der Waals surface area contributed by atoms with Gasteiger partial charge in [0.05, 0.1) is 22.9 Å². The van der Waals surface area contributed by atoms with E-state index in [1.807, 2.05) is 0 Å². The molecule has 1 unspecified atom stereocenters. The van der Waals surface area contributed by atoms with Crippen molar-refractivity contribution in [2.75, 3.05) is 0 Å². The molecule has 24 heavy (non-hydrogen) atoms. The van der Waals surface area contributed by atoms with Gasteiger partial charge in [-0.3, -0.25) is 9.79 Å². The van der Waals surface area contributed by atoms with Crippen molar-refractivity contribution in [2.24, 2.45) is 10.9 Å². The van der Waals surface area contributed by atoms with Gasteiger partial charge in [0.2, 0.25) is 0 Å². The second-order valence-corrected chi connectivity index (χ2v) is 7.52. The summed E-state index contributed by atoms with van der Waals surface area (Å²) in [7, 11) is 0. The number of nitrogens with one attached hydrogen (secondary N) is 2. The van der Waals surface area contributed by atoms with Gasteiger partial charge in [-0.25, -0.2) is 0 Å². The van der Waals surface area contributed by atoms with Crippen LogP contribution < -0.4 is 5.32 Å². The summed E-state index contributed by atoms with van der Waals surface area (Å²) in [5.41, 5.74) is 3.80. The third-order valence-electron chi connectivity index (χ3n) is 5.03. The number of nitrogens with zero attached hydrogens (tertiary/aromatic N) is 1. The van der Waals surface area contributed by atoms with Crippen molar-refractivity contribution < 1.29 is 9.90 Å². The van der Waals surface area contributed by atoms with E-state index < -0.39 is 5.60 Å². The quantitative estimate of drug-likeness (QED) is 0.775. The highest BCUT2D eigenvalue weighted by atomic mass is 16.3. The molecule has 1 aliphatic heterocycles. The minimum absolute atomic E-state index is 0.194. The van der Waals surface area contributed by atoms with Crippen molar-refractivity contribution in [3.05, 3.63) is 29.1 Å². The molecular formula is C19H27N3O2. The van der Waals surface area contributed by atoms with Crippen LogP contribution in [0.1, 0.15) is 63.0 Å². The Kier molecular flexibility index (Phi) is 4.38. The molecule has 5 heteroatoms. The maximum atomic E-state index is 12.7. The lowest BCUT2D eigenvalue weighted by Crippen LogP contribution is -2.47. The fourth-order valence-corrected chi connectivity index (χ4v) is 2.81. The molecular weight excluding hydrogens is 302 g/mol. The van der Waals surface area contributed by atoms with Crippen molar-refractivity contribution in [1.82, 2.24) is 10.3 Å². The largest absolute Gasteiger partial charge is 0.388 e. The summed E-state index contributed by atoms with van der Waals surface area (Å²) in [6.07, 6.45) is 8.12. The van der Waals surface area contributed by atoms with E-state index in [-0.39, 0.29) is 11.9 Å².